The molecule has 2 rings (SSSR count). The first kappa shape index (κ1) is 19.3. The number of hydrogen-bond donors (Lipinski definition) is 1. The fraction of sp³-hybridized carbons (Fsp3) is 0.438. The van der Waals surface area contributed by atoms with Crippen LogP contribution in [-0.2, 0) is 9.59 Å². The average molecular weight is 375 g/mol. The summed E-state index contributed by atoms with van der Waals surface area (Å²) < 4.78 is 39.2. The van der Waals surface area contributed by atoms with Gasteiger partial charge in [0.05, 0.1) is 11.5 Å². The topological polar surface area (TPSA) is 74.7 Å². The predicted molar refractivity (Wildman–Crippen MR) is 85.4 cm³/mol. The number of Topliss-reactive ketones (excluding diaryl/α,β-unsaturated/α-hetero) is 1. The van der Waals surface area contributed by atoms with Crippen LogP contribution in [0, 0.1) is 5.41 Å². The predicted octanol–water partition coefficient (Wildman–Crippen LogP) is 2.47. The zero-order chi connectivity index (χ0) is 18.7. The molecule has 1 aromatic rings. The minimum atomic E-state index is -4.93. The van der Waals surface area contributed by atoms with E-state index in [0.29, 0.717) is 5.56 Å². The lowest BCUT2D eigenvalue weighted by Gasteiger charge is -2.27. The molecule has 0 aliphatic carbocycles. The van der Waals surface area contributed by atoms with Crippen LogP contribution < -0.4 is 0 Å². The number of carbonyl (C=O) groups excluding carboxylic acids is 2. The first-order valence-electron chi connectivity index (χ1n) is 7.41. The molecule has 1 heterocycles. The van der Waals surface area contributed by atoms with E-state index >= 15 is 0 Å². The summed E-state index contributed by atoms with van der Waals surface area (Å²) in [5.74, 6) is -2.91. The van der Waals surface area contributed by atoms with E-state index in [1.165, 1.54) is 0 Å². The van der Waals surface area contributed by atoms with E-state index in [4.69, 9.17) is 5.11 Å². The fourth-order valence-electron chi connectivity index (χ4n) is 2.58. The SMILES string of the molecule is O=C(CSCC(=O)N1CCC(C(=O)O)(C(F)(F)F)C1)c1ccccc1. The Kier molecular flexibility index (Phi) is 5.76. The normalized spacial score (nSPS) is 20.5. The molecule has 1 saturated heterocycles. The molecule has 1 aliphatic heterocycles. The lowest BCUT2D eigenvalue weighted by molar-refractivity contribution is -0.227. The standard InChI is InChI=1S/C16H16F3NO4S/c17-16(18,19)15(14(23)24)6-7-20(10-15)13(22)9-25-8-12(21)11-4-2-1-3-5-11/h1-5H,6-10H2,(H,23,24). The first-order valence-corrected chi connectivity index (χ1v) is 8.57. The molecule has 0 spiro atoms. The molecule has 0 saturated carbocycles. The Morgan fingerprint density at radius 3 is 2.32 bits per heavy atom. The lowest BCUT2D eigenvalue weighted by Crippen LogP contribution is -2.48. The summed E-state index contributed by atoms with van der Waals surface area (Å²) in [6, 6.07) is 8.44. The molecule has 1 fully saturated rings. The fourth-order valence-corrected chi connectivity index (χ4v) is 3.39. The largest absolute Gasteiger partial charge is 0.481 e. The molecular weight excluding hydrogens is 359 g/mol. The highest BCUT2D eigenvalue weighted by molar-refractivity contribution is 8.00. The quantitative estimate of drug-likeness (QED) is 0.773. The van der Waals surface area contributed by atoms with E-state index in [0.717, 1.165) is 16.7 Å². The second-order valence-corrected chi connectivity index (χ2v) is 6.72. The van der Waals surface area contributed by atoms with Crippen LogP contribution in [0.3, 0.4) is 0 Å². The number of carboxylic acids is 1. The summed E-state index contributed by atoms with van der Waals surface area (Å²) >= 11 is 0.998. The molecular formula is C16H16F3NO4S. The van der Waals surface area contributed by atoms with Gasteiger partial charge in [0, 0.05) is 18.7 Å². The number of benzene rings is 1. The highest BCUT2D eigenvalue weighted by Crippen LogP contribution is 2.45. The molecule has 1 atom stereocenters. The smallest absolute Gasteiger partial charge is 0.406 e. The molecule has 0 bridgehead atoms. The molecule has 0 aromatic heterocycles. The third kappa shape index (κ3) is 4.15. The Balaban J connectivity index is 1.88. The summed E-state index contributed by atoms with van der Waals surface area (Å²) in [4.78, 5) is 35.9. The maximum absolute atomic E-state index is 13.1. The highest BCUT2D eigenvalue weighted by Gasteiger charge is 2.64. The van der Waals surface area contributed by atoms with Gasteiger partial charge in [-0.25, -0.2) is 0 Å². The Morgan fingerprint density at radius 1 is 1.16 bits per heavy atom. The van der Waals surface area contributed by atoms with Crippen molar-refractivity contribution in [2.24, 2.45) is 5.41 Å². The number of ketones is 1. The van der Waals surface area contributed by atoms with Crippen LogP contribution >= 0.6 is 11.8 Å². The number of alkyl halides is 3. The number of aliphatic carboxylic acids is 1. The Bertz CT molecular complexity index is 665. The van der Waals surface area contributed by atoms with Gasteiger partial charge in [0.15, 0.2) is 11.2 Å². The van der Waals surface area contributed by atoms with E-state index < -0.39 is 36.4 Å². The Labute approximate surface area is 146 Å². The maximum Gasteiger partial charge on any atom is 0.406 e. The van der Waals surface area contributed by atoms with Gasteiger partial charge in [-0.2, -0.15) is 13.2 Å². The Hall–Kier alpha value is -2.03. The second-order valence-electron chi connectivity index (χ2n) is 5.73. The van der Waals surface area contributed by atoms with E-state index in [1.54, 1.807) is 30.3 Å². The third-order valence-electron chi connectivity index (χ3n) is 4.13. The summed E-state index contributed by atoms with van der Waals surface area (Å²) in [6.07, 6.45) is -5.59. The van der Waals surface area contributed by atoms with Gasteiger partial charge in [0.1, 0.15) is 0 Å². The van der Waals surface area contributed by atoms with Gasteiger partial charge >= 0.3 is 12.1 Å². The number of thioether (sulfide) groups is 1. The van der Waals surface area contributed by atoms with E-state index in [1.807, 2.05) is 0 Å². The number of likely N-dealkylation sites (tertiary alicyclic amines) is 1. The van der Waals surface area contributed by atoms with Gasteiger partial charge in [0.2, 0.25) is 5.91 Å². The number of rotatable bonds is 6. The van der Waals surface area contributed by atoms with Gasteiger partial charge in [-0.05, 0) is 6.42 Å². The van der Waals surface area contributed by atoms with Gasteiger partial charge in [-0.1, -0.05) is 30.3 Å². The van der Waals surface area contributed by atoms with Gasteiger partial charge in [-0.3, -0.25) is 14.4 Å². The number of halogens is 3. The number of nitrogens with zero attached hydrogens (tertiary/aromatic N) is 1. The van der Waals surface area contributed by atoms with Crippen LogP contribution in [0.15, 0.2) is 30.3 Å². The monoisotopic (exact) mass is 375 g/mol. The van der Waals surface area contributed by atoms with Crippen molar-refractivity contribution in [1.82, 2.24) is 4.90 Å². The molecule has 1 N–H and O–H groups in total. The molecule has 0 radical (unpaired) electrons. The van der Waals surface area contributed by atoms with E-state index in [-0.39, 0.29) is 23.8 Å². The third-order valence-corrected chi connectivity index (χ3v) is 5.05. The van der Waals surface area contributed by atoms with Crippen molar-refractivity contribution >= 4 is 29.4 Å². The van der Waals surface area contributed by atoms with E-state index in [9.17, 15) is 27.6 Å². The Morgan fingerprint density at radius 2 is 1.80 bits per heavy atom. The number of carbonyl (C=O) groups is 3. The van der Waals surface area contributed by atoms with Crippen molar-refractivity contribution in [2.45, 2.75) is 12.6 Å². The van der Waals surface area contributed by atoms with Crippen LogP contribution in [0.2, 0.25) is 0 Å². The lowest BCUT2D eigenvalue weighted by atomic mass is 9.86. The number of amides is 1. The molecule has 1 amide bonds. The maximum atomic E-state index is 13.1. The van der Waals surface area contributed by atoms with Gasteiger partial charge in [0.25, 0.3) is 0 Å². The zero-order valence-electron chi connectivity index (χ0n) is 13.1. The van der Waals surface area contributed by atoms with Crippen molar-refractivity contribution in [3.8, 4) is 0 Å². The minimum Gasteiger partial charge on any atom is -0.481 e. The zero-order valence-corrected chi connectivity index (χ0v) is 13.9. The molecule has 136 valence electrons. The van der Waals surface area contributed by atoms with Crippen LogP contribution in [0.25, 0.3) is 0 Å². The molecule has 25 heavy (non-hydrogen) atoms. The highest BCUT2D eigenvalue weighted by atomic mass is 32.2. The van der Waals surface area contributed by atoms with Crippen molar-refractivity contribution in [2.75, 3.05) is 24.6 Å². The minimum absolute atomic E-state index is 0.0208. The van der Waals surface area contributed by atoms with E-state index in [2.05, 4.69) is 0 Å². The molecule has 1 aromatic carbocycles. The van der Waals surface area contributed by atoms with Crippen LogP contribution in [0.1, 0.15) is 16.8 Å². The summed E-state index contributed by atoms with van der Waals surface area (Å²) in [5, 5.41) is 8.97. The molecule has 1 aliphatic rings. The van der Waals surface area contributed by atoms with Crippen molar-refractivity contribution in [1.29, 1.82) is 0 Å². The number of carboxylic acid groups (broad SMARTS) is 1. The van der Waals surface area contributed by atoms with Gasteiger partial charge < -0.3 is 10.0 Å². The van der Waals surface area contributed by atoms with Crippen LogP contribution in [0.4, 0.5) is 13.2 Å². The summed E-state index contributed by atoms with van der Waals surface area (Å²) in [5.41, 5.74) is -2.42. The van der Waals surface area contributed by atoms with Crippen molar-refractivity contribution in [3.05, 3.63) is 35.9 Å². The first-order chi connectivity index (χ1) is 11.7. The number of hydrogen-bond acceptors (Lipinski definition) is 4. The van der Waals surface area contributed by atoms with Crippen molar-refractivity contribution in [3.63, 3.8) is 0 Å². The average Bonchev–Trinajstić information content (AvgIpc) is 3.02. The summed E-state index contributed by atoms with van der Waals surface area (Å²) in [7, 11) is 0. The molecule has 9 heteroatoms. The molecule has 5 nitrogen and oxygen atoms in total. The second kappa shape index (κ2) is 7.47. The van der Waals surface area contributed by atoms with Crippen LogP contribution in [-0.4, -0.2) is 58.4 Å². The van der Waals surface area contributed by atoms with Crippen LogP contribution in [0.5, 0.6) is 0 Å². The summed E-state index contributed by atoms with van der Waals surface area (Å²) in [6.45, 7) is -1.16. The van der Waals surface area contributed by atoms with Gasteiger partial charge in [-0.15, -0.1) is 11.8 Å². The molecule has 1 unspecified atom stereocenters. The van der Waals surface area contributed by atoms with Crippen molar-refractivity contribution < 1.29 is 32.7 Å².